The second kappa shape index (κ2) is 6.39. The van der Waals surface area contributed by atoms with E-state index in [1.165, 1.54) is 56.5 Å². The number of fused-ring (bicyclic) bond motifs is 6. The summed E-state index contributed by atoms with van der Waals surface area (Å²) in [4.78, 5) is 4.89. The molecule has 2 heterocycles. The topological polar surface area (TPSA) is 22.1 Å². The van der Waals surface area contributed by atoms with Crippen molar-refractivity contribution in [1.29, 1.82) is 0 Å². The highest BCUT2D eigenvalue weighted by Crippen LogP contribution is 2.52. The van der Waals surface area contributed by atoms with Crippen LogP contribution >= 0.6 is 0 Å². The van der Waals surface area contributed by atoms with Crippen molar-refractivity contribution >= 4 is 32.3 Å². The van der Waals surface area contributed by atoms with Gasteiger partial charge in [0.2, 0.25) is 0 Å². The molecule has 0 unspecified atom stereocenters. The van der Waals surface area contributed by atoms with Gasteiger partial charge in [0.25, 0.3) is 0 Å². The van der Waals surface area contributed by atoms with E-state index in [1.807, 2.05) is 6.20 Å². The maximum absolute atomic E-state index is 6.69. The highest BCUT2D eigenvalue weighted by atomic mass is 16.5. The van der Waals surface area contributed by atoms with Gasteiger partial charge in [-0.25, -0.2) is 0 Å². The van der Waals surface area contributed by atoms with Crippen molar-refractivity contribution in [1.82, 2.24) is 4.98 Å². The number of aryl methyl sites for hydroxylation is 1. The Labute approximate surface area is 200 Å². The molecule has 34 heavy (non-hydrogen) atoms. The van der Waals surface area contributed by atoms with Crippen LogP contribution < -0.4 is 4.74 Å². The van der Waals surface area contributed by atoms with Gasteiger partial charge in [-0.2, -0.15) is 0 Å². The predicted octanol–water partition coefficient (Wildman–Crippen LogP) is 8.97. The van der Waals surface area contributed by atoms with Crippen LogP contribution in [0.3, 0.4) is 0 Å². The van der Waals surface area contributed by atoms with Crippen molar-refractivity contribution in [3.63, 3.8) is 0 Å². The Bertz CT molecular complexity index is 1690. The van der Waals surface area contributed by atoms with Crippen LogP contribution in [-0.4, -0.2) is 4.98 Å². The van der Waals surface area contributed by atoms with E-state index < -0.39 is 0 Å². The first-order valence-electron chi connectivity index (χ1n) is 12.4. The Kier molecular flexibility index (Phi) is 3.76. The zero-order valence-corrected chi connectivity index (χ0v) is 20.5. The van der Waals surface area contributed by atoms with Gasteiger partial charge < -0.3 is 4.74 Å². The number of ether oxygens (including phenoxy) is 1. The van der Waals surface area contributed by atoms with Gasteiger partial charge in [-0.3, -0.25) is 4.98 Å². The van der Waals surface area contributed by atoms with Crippen molar-refractivity contribution in [2.75, 3.05) is 0 Å². The molecule has 1 aromatic heterocycles. The van der Waals surface area contributed by atoms with E-state index in [1.54, 1.807) is 0 Å². The third-order valence-corrected chi connectivity index (χ3v) is 8.51. The molecule has 0 radical (unpaired) electrons. The maximum atomic E-state index is 6.69. The minimum atomic E-state index is 0.177. The molecule has 5 aromatic rings. The molecule has 0 saturated heterocycles. The molecule has 2 aliphatic rings. The van der Waals surface area contributed by atoms with Crippen molar-refractivity contribution in [3.05, 3.63) is 77.5 Å². The number of hydrogen-bond acceptors (Lipinski definition) is 2. The largest absolute Gasteiger partial charge is 0.456 e. The van der Waals surface area contributed by atoms with Crippen LogP contribution in [0.5, 0.6) is 11.5 Å². The summed E-state index contributed by atoms with van der Waals surface area (Å²) in [6, 6.07) is 20.1. The molecule has 1 aliphatic heterocycles. The van der Waals surface area contributed by atoms with Gasteiger partial charge in [-0.05, 0) is 92.9 Å². The summed E-state index contributed by atoms with van der Waals surface area (Å²) in [6.07, 6.45) is 4.39. The smallest absolute Gasteiger partial charge is 0.140 e. The van der Waals surface area contributed by atoms with Gasteiger partial charge >= 0.3 is 0 Å². The van der Waals surface area contributed by atoms with E-state index in [0.717, 1.165) is 28.1 Å². The van der Waals surface area contributed by atoms with Gasteiger partial charge in [-0.1, -0.05) is 58.0 Å². The summed E-state index contributed by atoms with van der Waals surface area (Å²) in [5.41, 5.74) is 6.62. The third kappa shape index (κ3) is 2.54. The summed E-state index contributed by atoms with van der Waals surface area (Å²) in [5.74, 6) is 1.86. The molecule has 0 saturated carbocycles. The first-order chi connectivity index (χ1) is 16.2. The summed E-state index contributed by atoms with van der Waals surface area (Å²) < 4.78 is 6.69. The van der Waals surface area contributed by atoms with E-state index in [9.17, 15) is 0 Å². The number of benzene rings is 4. The molecule has 0 fully saturated rings. The number of hydrogen-bond donors (Lipinski definition) is 0. The Morgan fingerprint density at radius 2 is 1.50 bits per heavy atom. The second-order valence-electron chi connectivity index (χ2n) is 11.5. The molecule has 0 bridgehead atoms. The van der Waals surface area contributed by atoms with E-state index in [0.29, 0.717) is 0 Å². The van der Waals surface area contributed by atoms with Crippen LogP contribution in [0.4, 0.5) is 0 Å². The molecular weight excluding hydrogens is 414 g/mol. The van der Waals surface area contributed by atoms with Crippen LogP contribution in [0.2, 0.25) is 0 Å². The van der Waals surface area contributed by atoms with Crippen molar-refractivity contribution in [2.24, 2.45) is 0 Å². The predicted molar refractivity (Wildman–Crippen MR) is 142 cm³/mol. The van der Waals surface area contributed by atoms with Crippen molar-refractivity contribution in [2.45, 2.75) is 58.3 Å². The van der Waals surface area contributed by atoms with E-state index in [2.05, 4.69) is 89.2 Å². The van der Waals surface area contributed by atoms with Crippen LogP contribution in [0, 0.1) is 6.92 Å². The summed E-state index contributed by atoms with van der Waals surface area (Å²) in [6.45, 7) is 11.7. The number of nitrogens with zero attached hydrogens (tertiary/aromatic N) is 1. The normalized spacial score (nSPS) is 17.4. The molecule has 2 heteroatoms. The second-order valence-corrected chi connectivity index (χ2v) is 11.5. The fraction of sp³-hybridized carbons (Fsp3) is 0.281. The number of pyridine rings is 1. The lowest BCUT2D eigenvalue weighted by Gasteiger charge is -2.42. The van der Waals surface area contributed by atoms with Crippen LogP contribution in [-0.2, 0) is 10.8 Å². The lowest BCUT2D eigenvalue weighted by Crippen LogP contribution is -2.33. The van der Waals surface area contributed by atoms with E-state index in [-0.39, 0.29) is 10.8 Å². The Morgan fingerprint density at radius 3 is 2.29 bits per heavy atom. The maximum Gasteiger partial charge on any atom is 0.140 e. The first-order valence-corrected chi connectivity index (χ1v) is 12.4. The Morgan fingerprint density at radius 1 is 0.765 bits per heavy atom. The molecular formula is C32H29NO. The van der Waals surface area contributed by atoms with Crippen molar-refractivity contribution in [3.8, 4) is 22.8 Å². The zero-order valence-electron chi connectivity index (χ0n) is 20.5. The van der Waals surface area contributed by atoms with Crippen molar-refractivity contribution < 1.29 is 4.74 Å². The average molecular weight is 444 g/mol. The van der Waals surface area contributed by atoms with Crippen LogP contribution in [0.15, 0.2) is 60.8 Å². The minimum Gasteiger partial charge on any atom is -0.456 e. The van der Waals surface area contributed by atoms with Crippen LogP contribution in [0.1, 0.15) is 57.2 Å². The van der Waals surface area contributed by atoms with Gasteiger partial charge in [0.05, 0.1) is 11.1 Å². The van der Waals surface area contributed by atoms with Crippen LogP contribution in [0.25, 0.3) is 43.6 Å². The minimum absolute atomic E-state index is 0.177. The fourth-order valence-electron chi connectivity index (χ4n) is 6.34. The molecule has 4 aromatic carbocycles. The fourth-order valence-corrected chi connectivity index (χ4v) is 6.34. The zero-order chi connectivity index (χ0) is 23.4. The van der Waals surface area contributed by atoms with E-state index in [4.69, 9.17) is 9.72 Å². The quantitative estimate of drug-likeness (QED) is 0.219. The molecule has 0 N–H and O–H groups in total. The Hall–Kier alpha value is -3.39. The highest BCUT2D eigenvalue weighted by molar-refractivity contribution is 6.16. The molecule has 0 spiro atoms. The molecule has 0 atom stereocenters. The average Bonchev–Trinajstić information content (AvgIpc) is 2.82. The molecule has 1 aliphatic carbocycles. The molecule has 2 nitrogen and oxygen atoms in total. The van der Waals surface area contributed by atoms with Gasteiger partial charge in [0, 0.05) is 17.3 Å². The first kappa shape index (κ1) is 20.0. The SMILES string of the molecule is Cc1c2c(cc3ccccc13)-c1nccc3c1c(cc1cc4c(cc13)C(C)(C)CCC4(C)C)O2. The lowest BCUT2D eigenvalue weighted by atomic mass is 9.62. The number of aromatic nitrogens is 1. The Balaban J connectivity index is 1.60. The standard InChI is InChI=1S/C32H29NO/c1-18-21-9-7-6-8-19(21)14-24-29-28-22(10-13-33-29)23-17-26-25(31(2,3)11-12-32(26,4)5)15-20(23)16-27(28)34-30(18)24/h6-10,13-17H,11-12H2,1-5H3. The summed E-state index contributed by atoms with van der Waals surface area (Å²) in [7, 11) is 0. The molecule has 168 valence electrons. The van der Waals surface area contributed by atoms with Gasteiger partial charge in [0.1, 0.15) is 11.5 Å². The summed E-state index contributed by atoms with van der Waals surface area (Å²) in [5, 5.41) is 7.38. The monoisotopic (exact) mass is 443 g/mol. The number of rotatable bonds is 0. The molecule has 7 rings (SSSR count). The molecule has 0 amide bonds. The highest BCUT2D eigenvalue weighted by Gasteiger charge is 2.37. The summed E-state index contributed by atoms with van der Waals surface area (Å²) >= 11 is 0. The lowest BCUT2D eigenvalue weighted by molar-refractivity contribution is 0.332. The third-order valence-electron chi connectivity index (χ3n) is 8.51. The van der Waals surface area contributed by atoms with Gasteiger partial charge in [-0.15, -0.1) is 0 Å². The van der Waals surface area contributed by atoms with Gasteiger partial charge in [0.15, 0.2) is 0 Å². The van der Waals surface area contributed by atoms with E-state index >= 15 is 0 Å².